The maximum absolute atomic E-state index is 14.3. The van der Waals surface area contributed by atoms with Gasteiger partial charge in [-0.15, -0.1) is 0 Å². The number of hydrogen-bond acceptors (Lipinski definition) is 8. The molecule has 0 aliphatic carbocycles. The topological polar surface area (TPSA) is 98.0 Å². The van der Waals surface area contributed by atoms with E-state index in [1.54, 1.807) is 43.3 Å². The molecule has 46 heavy (non-hydrogen) atoms. The minimum Gasteiger partial charge on any atom is -0.497 e. The van der Waals surface area contributed by atoms with Crippen LogP contribution < -0.4 is 19.5 Å². The molecule has 2 heterocycles. The number of benzene rings is 4. The SMILES string of the molecule is COCOc1cc(Nc2cc(-c3ccccc3)nn2Cc2ccc(OC)cc2)c(C(=O)n2cc3ccccc3c2)c(OCOC)c1. The summed E-state index contributed by atoms with van der Waals surface area (Å²) in [5, 5.41) is 10.3. The van der Waals surface area contributed by atoms with Gasteiger partial charge in [0.25, 0.3) is 5.91 Å². The molecular formula is C36H34N4O6. The van der Waals surface area contributed by atoms with E-state index in [0.717, 1.165) is 33.3 Å². The molecule has 0 fully saturated rings. The van der Waals surface area contributed by atoms with Gasteiger partial charge in [-0.3, -0.25) is 9.36 Å². The molecule has 0 spiro atoms. The average Bonchev–Trinajstić information content (AvgIpc) is 3.71. The van der Waals surface area contributed by atoms with Crippen LogP contribution in [0.15, 0.2) is 109 Å². The molecule has 0 aliphatic rings. The van der Waals surface area contributed by atoms with Crippen molar-refractivity contribution in [2.45, 2.75) is 6.54 Å². The first-order valence-corrected chi connectivity index (χ1v) is 14.6. The maximum atomic E-state index is 14.3. The Kier molecular flexibility index (Phi) is 9.28. The van der Waals surface area contributed by atoms with Crippen molar-refractivity contribution in [1.29, 1.82) is 0 Å². The first-order valence-electron chi connectivity index (χ1n) is 14.6. The second-order valence-electron chi connectivity index (χ2n) is 10.5. The third-order valence-electron chi connectivity index (χ3n) is 7.36. The van der Waals surface area contributed by atoms with E-state index in [9.17, 15) is 4.79 Å². The summed E-state index contributed by atoms with van der Waals surface area (Å²) in [4.78, 5) is 14.3. The van der Waals surface area contributed by atoms with Crippen LogP contribution in [0.3, 0.4) is 0 Å². The van der Waals surface area contributed by atoms with Crippen molar-refractivity contribution in [3.63, 3.8) is 0 Å². The number of rotatable bonds is 13. The lowest BCUT2D eigenvalue weighted by molar-refractivity contribution is 0.0456. The van der Waals surface area contributed by atoms with E-state index in [0.29, 0.717) is 29.4 Å². The zero-order valence-corrected chi connectivity index (χ0v) is 25.8. The first-order chi connectivity index (χ1) is 22.6. The summed E-state index contributed by atoms with van der Waals surface area (Å²) in [5.74, 6) is 1.85. The normalized spacial score (nSPS) is 11.0. The number of aromatic nitrogens is 3. The highest BCUT2D eigenvalue weighted by atomic mass is 16.7. The van der Waals surface area contributed by atoms with Crippen molar-refractivity contribution < 1.29 is 28.5 Å². The second kappa shape index (κ2) is 14.0. The third kappa shape index (κ3) is 6.73. The Hall–Kier alpha value is -5.58. The molecule has 0 bridgehead atoms. The zero-order valence-electron chi connectivity index (χ0n) is 25.8. The van der Waals surface area contributed by atoms with Gasteiger partial charge in [-0.05, 0) is 28.5 Å². The summed E-state index contributed by atoms with van der Waals surface area (Å²) in [6.45, 7) is 0.389. The van der Waals surface area contributed by atoms with Crippen LogP contribution in [-0.2, 0) is 16.0 Å². The van der Waals surface area contributed by atoms with E-state index >= 15 is 0 Å². The molecule has 4 aromatic carbocycles. The van der Waals surface area contributed by atoms with Crippen molar-refractivity contribution >= 4 is 28.2 Å². The molecular weight excluding hydrogens is 584 g/mol. The number of fused-ring (bicyclic) bond motifs is 1. The molecule has 0 unspecified atom stereocenters. The number of hydrogen-bond donors (Lipinski definition) is 1. The largest absolute Gasteiger partial charge is 0.497 e. The van der Waals surface area contributed by atoms with E-state index in [4.69, 9.17) is 28.8 Å². The lowest BCUT2D eigenvalue weighted by Gasteiger charge is -2.19. The van der Waals surface area contributed by atoms with Gasteiger partial charge in [-0.25, -0.2) is 4.68 Å². The van der Waals surface area contributed by atoms with Crippen molar-refractivity contribution in [3.8, 4) is 28.5 Å². The number of nitrogens with one attached hydrogen (secondary N) is 1. The first kappa shape index (κ1) is 30.4. The Morgan fingerprint density at radius 1 is 0.761 bits per heavy atom. The molecule has 0 saturated carbocycles. The van der Waals surface area contributed by atoms with E-state index < -0.39 is 0 Å². The fraction of sp³-hybridized carbons (Fsp3) is 0.167. The number of ether oxygens (including phenoxy) is 5. The second-order valence-corrected chi connectivity index (χ2v) is 10.5. The van der Waals surface area contributed by atoms with Crippen LogP contribution in [0.5, 0.6) is 17.2 Å². The summed E-state index contributed by atoms with van der Waals surface area (Å²) in [6.07, 6.45) is 3.61. The summed E-state index contributed by atoms with van der Waals surface area (Å²) in [5.41, 5.74) is 3.49. The van der Waals surface area contributed by atoms with E-state index in [1.807, 2.05) is 89.6 Å². The van der Waals surface area contributed by atoms with Crippen LogP contribution in [-0.4, -0.2) is 55.2 Å². The van der Waals surface area contributed by atoms with Crippen LogP contribution in [0.2, 0.25) is 0 Å². The van der Waals surface area contributed by atoms with Gasteiger partial charge in [0.05, 0.1) is 25.0 Å². The van der Waals surface area contributed by atoms with Gasteiger partial charge in [0.1, 0.15) is 28.6 Å². The summed E-state index contributed by atoms with van der Waals surface area (Å²) in [6, 6.07) is 30.9. The predicted octanol–water partition coefficient (Wildman–Crippen LogP) is 6.96. The van der Waals surface area contributed by atoms with Crippen LogP contribution >= 0.6 is 0 Å². The van der Waals surface area contributed by atoms with Crippen LogP contribution in [0, 0.1) is 0 Å². The van der Waals surface area contributed by atoms with Gasteiger partial charge < -0.3 is 29.0 Å². The van der Waals surface area contributed by atoms with Crippen LogP contribution in [0.4, 0.5) is 11.5 Å². The Morgan fingerprint density at radius 2 is 1.43 bits per heavy atom. The van der Waals surface area contributed by atoms with Crippen molar-refractivity contribution in [3.05, 3.63) is 121 Å². The fourth-order valence-corrected chi connectivity index (χ4v) is 5.12. The molecule has 10 nitrogen and oxygen atoms in total. The maximum Gasteiger partial charge on any atom is 0.267 e. The summed E-state index contributed by atoms with van der Waals surface area (Å²) < 4.78 is 30.9. The number of carbonyl (C=O) groups excluding carboxylic acids is 1. The highest BCUT2D eigenvalue weighted by molar-refractivity contribution is 6.06. The third-order valence-corrected chi connectivity index (χ3v) is 7.36. The standard InChI is InChI=1S/C36H34N4O6/c1-42-23-45-30-17-32(35(33(18-30)46-24-43-2)36(41)39-21-27-11-7-8-12-28(27)22-39)37-34-19-31(26-9-5-4-6-10-26)38-40(34)20-25-13-15-29(44-3)16-14-25/h4-19,21-22,37H,20,23-24H2,1-3H3. The van der Waals surface area contributed by atoms with Gasteiger partial charge in [-0.1, -0.05) is 66.7 Å². The monoisotopic (exact) mass is 618 g/mol. The minimum absolute atomic E-state index is 0.00694. The predicted molar refractivity (Wildman–Crippen MR) is 176 cm³/mol. The van der Waals surface area contributed by atoms with Gasteiger partial charge >= 0.3 is 0 Å². The molecule has 6 rings (SSSR count). The Labute approximate surface area is 266 Å². The molecule has 0 radical (unpaired) electrons. The lowest BCUT2D eigenvalue weighted by atomic mass is 10.1. The molecule has 6 aromatic rings. The fourth-order valence-electron chi connectivity index (χ4n) is 5.12. The number of carbonyl (C=O) groups is 1. The highest BCUT2D eigenvalue weighted by Crippen LogP contribution is 2.37. The van der Waals surface area contributed by atoms with Gasteiger partial charge in [0.2, 0.25) is 0 Å². The molecule has 234 valence electrons. The lowest BCUT2D eigenvalue weighted by Crippen LogP contribution is -2.16. The Morgan fingerprint density at radius 3 is 2.11 bits per heavy atom. The van der Waals surface area contributed by atoms with Crippen molar-refractivity contribution in [2.75, 3.05) is 40.2 Å². The zero-order chi connectivity index (χ0) is 31.9. The quantitative estimate of drug-likeness (QED) is 0.139. The van der Waals surface area contributed by atoms with E-state index in [2.05, 4.69) is 5.32 Å². The molecule has 0 amide bonds. The number of nitrogens with zero attached hydrogens (tertiary/aromatic N) is 3. The number of anilines is 2. The molecule has 2 aromatic heterocycles. The Bertz CT molecular complexity index is 1900. The summed E-state index contributed by atoms with van der Waals surface area (Å²) in [7, 11) is 4.70. The van der Waals surface area contributed by atoms with Crippen molar-refractivity contribution in [1.82, 2.24) is 14.3 Å². The van der Waals surface area contributed by atoms with Crippen LogP contribution in [0.1, 0.15) is 15.9 Å². The van der Waals surface area contributed by atoms with Gasteiger partial charge in [-0.2, -0.15) is 5.10 Å². The minimum atomic E-state index is -0.299. The Balaban J connectivity index is 1.47. The van der Waals surface area contributed by atoms with Gasteiger partial charge in [0, 0.05) is 50.4 Å². The van der Waals surface area contributed by atoms with Gasteiger partial charge in [0.15, 0.2) is 13.6 Å². The van der Waals surface area contributed by atoms with E-state index in [-0.39, 0.29) is 25.2 Å². The average molecular weight is 619 g/mol. The number of methoxy groups -OCH3 is 3. The molecule has 0 saturated heterocycles. The van der Waals surface area contributed by atoms with E-state index in [1.165, 1.54) is 7.11 Å². The smallest absolute Gasteiger partial charge is 0.267 e. The summed E-state index contributed by atoms with van der Waals surface area (Å²) >= 11 is 0. The molecule has 10 heteroatoms. The molecule has 0 aliphatic heterocycles. The van der Waals surface area contributed by atoms with Crippen molar-refractivity contribution in [2.24, 2.45) is 0 Å². The molecule has 0 atom stereocenters. The molecule has 1 N–H and O–H groups in total. The van der Waals surface area contributed by atoms with Crippen LogP contribution in [0.25, 0.3) is 22.0 Å². The highest BCUT2D eigenvalue weighted by Gasteiger charge is 2.24.